The Morgan fingerprint density at radius 3 is 2.26 bits per heavy atom. The molecule has 1 saturated heterocycles. The number of carbonyl (C=O) groups is 2. The maximum atomic E-state index is 13.1. The molecule has 0 spiro atoms. The third-order valence-electron chi connectivity index (χ3n) is 6.47. The van der Waals surface area contributed by atoms with Gasteiger partial charge in [0, 0.05) is 43.3 Å². The summed E-state index contributed by atoms with van der Waals surface area (Å²) in [5, 5.41) is 9.38. The first kappa shape index (κ1) is 24.7. The van der Waals surface area contributed by atoms with Crippen LogP contribution in [0.2, 0.25) is 5.02 Å². The van der Waals surface area contributed by atoms with Crippen molar-refractivity contribution < 1.29 is 9.59 Å². The zero-order valence-electron chi connectivity index (χ0n) is 20.1. The van der Waals surface area contributed by atoms with Crippen molar-refractivity contribution in [2.24, 2.45) is 0 Å². The Labute approximate surface area is 211 Å². The molecule has 0 aliphatic carbocycles. The Bertz CT molecular complexity index is 1150. The molecule has 0 saturated carbocycles. The van der Waals surface area contributed by atoms with E-state index in [4.69, 9.17) is 11.6 Å². The number of hydrogen-bond donors (Lipinski definition) is 0. The minimum Gasteiger partial charge on any atom is -0.352 e. The van der Waals surface area contributed by atoms with E-state index in [-0.39, 0.29) is 24.4 Å². The van der Waals surface area contributed by atoms with Crippen molar-refractivity contribution in [1.82, 2.24) is 20.0 Å². The molecule has 1 unspecified atom stereocenters. The van der Waals surface area contributed by atoms with Crippen LogP contribution in [0.1, 0.15) is 30.6 Å². The highest BCUT2D eigenvalue weighted by Crippen LogP contribution is 2.26. The van der Waals surface area contributed by atoms with Crippen LogP contribution >= 0.6 is 11.6 Å². The standard InChI is InChI=1S/C27H30ClN5O2/c1-3-20(2)33(27(35)21-9-5-4-6-10-21)19-26(34)32-17-15-31(16-18-32)25-14-13-24(29-30-25)22-11-7-8-12-23(22)28/h4-14,20H,3,15-19H2,1-2H3. The SMILES string of the molecule is CCC(C)N(CC(=O)N1CCN(c2ccc(-c3ccccc3Cl)nn2)CC1)C(=O)c1ccccc1. The molecule has 0 N–H and O–H groups in total. The second-order valence-corrected chi connectivity index (χ2v) is 9.09. The van der Waals surface area contributed by atoms with E-state index in [1.165, 1.54) is 0 Å². The van der Waals surface area contributed by atoms with E-state index in [1.807, 2.05) is 73.3 Å². The zero-order chi connectivity index (χ0) is 24.8. The van der Waals surface area contributed by atoms with Crippen molar-refractivity contribution >= 4 is 29.2 Å². The van der Waals surface area contributed by atoms with Crippen molar-refractivity contribution in [3.63, 3.8) is 0 Å². The van der Waals surface area contributed by atoms with E-state index in [0.717, 1.165) is 23.5 Å². The minimum absolute atomic E-state index is 0.0279. The summed E-state index contributed by atoms with van der Waals surface area (Å²) in [6.07, 6.45) is 0.780. The van der Waals surface area contributed by atoms with Gasteiger partial charge in [-0.1, -0.05) is 54.9 Å². The lowest BCUT2D eigenvalue weighted by atomic mass is 10.1. The van der Waals surface area contributed by atoms with Crippen molar-refractivity contribution in [3.8, 4) is 11.3 Å². The summed E-state index contributed by atoms with van der Waals surface area (Å²) in [5.74, 6) is 0.628. The normalized spacial score (nSPS) is 14.5. The fourth-order valence-electron chi connectivity index (χ4n) is 4.13. The van der Waals surface area contributed by atoms with Gasteiger partial charge in [0.2, 0.25) is 5.91 Å². The third-order valence-corrected chi connectivity index (χ3v) is 6.80. The Kier molecular flexibility index (Phi) is 7.98. The molecule has 2 amide bonds. The molecule has 1 fully saturated rings. The molecule has 4 rings (SSSR count). The third kappa shape index (κ3) is 5.80. The summed E-state index contributed by atoms with van der Waals surface area (Å²) in [5.41, 5.74) is 2.17. The number of amides is 2. The summed E-state index contributed by atoms with van der Waals surface area (Å²) in [6, 6.07) is 20.5. The van der Waals surface area contributed by atoms with Crippen molar-refractivity contribution in [1.29, 1.82) is 0 Å². The van der Waals surface area contributed by atoms with E-state index < -0.39 is 0 Å². The fraction of sp³-hybridized carbons (Fsp3) is 0.333. The molecule has 1 aliphatic heterocycles. The van der Waals surface area contributed by atoms with Crippen LogP contribution in [-0.2, 0) is 4.79 Å². The number of hydrogen-bond acceptors (Lipinski definition) is 5. The Morgan fingerprint density at radius 2 is 1.63 bits per heavy atom. The molecule has 8 heteroatoms. The monoisotopic (exact) mass is 491 g/mol. The molecular formula is C27H30ClN5O2. The highest BCUT2D eigenvalue weighted by atomic mass is 35.5. The Hall–Kier alpha value is -3.45. The quantitative estimate of drug-likeness (QED) is 0.490. The number of piperazine rings is 1. The molecular weight excluding hydrogens is 462 g/mol. The highest BCUT2D eigenvalue weighted by Gasteiger charge is 2.28. The van der Waals surface area contributed by atoms with Crippen LogP contribution in [0.5, 0.6) is 0 Å². The summed E-state index contributed by atoms with van der Waals surface area (Å²) < 4.78 is 0. The Balaban J connectivity index is 1.36. The van der Waals surface area contributed by atoms with E-state index >= 15 is 0 Å². The molecule has 1 aromatic heterocycles. The Morgan fingerprint density at radius 1 is 0.943 bits per heavy atom. The average Bonchev–Trinajstić information content (AvgIpc) is 2.92. The maximum Gasteiger partial charge on any atom is 0.254 e. The molecule has 1 aliphatic rings. The average molecular weight is 492 g/mol. The summed E-state index contributed by atoms with van der Waals surface area (Å²) in [7, 11) is 0. The van der Waals surface area contributed by atoms with E-state index in [9.17, 15) is 9.59 Å². The van der Waals surface area contributed by atoms with Gasteiger partial charge in [-0.2, -0.15) is 0 Å². The topological polar surface area (TPSA) is 69.6 Å². The van der Waals surface area contributed by atoms with Gasteiger partial charge < -0.3 is 14.7 Å². The molecule has 182 valence electrons. The van der Waals surface area contributed by atoms with Gasteiger partial charge in [0.1, 0.15) is 6.54 Å². The smallest absolute Gasteiger partial charge is 0.254 e. The van der Waals surface area contributed by atoms with Crippen LogP contribution < -0.4 is 4.90 Å². The van der Waals surface area contributed by atoms with Crippen molar-refractivity contribution in [3.05, 3.63) is 77.3 Å². The molecule has 2 heterocycles. The summed E-state index contributed by atoms with van der Waals surface area (Å²) >= 11 is 6.27. The molecule has 1 atom stereocenters. The molecule has 35 heavy (non-hydrogen) atoms. The van der Waals surface area contributed by atoms with E-state index in [0.29, 0.717) is 36.8 Å². The first-order valence-corrected chi connectivity index (χ1v) is 12.3. The lowest BCUT2D eigenvalue weighted by Gasteiger charge is -2.37. The van der Waals surface area contributed by atoms with Gasteiger partial charge in [-0.25, -0.2) is 0 Å². The second-order valence-electron chi connectivity index (χ2n) is 8.68. The largest absolute Gasteiger partial charge is 0.352 e. The molecule has 2 aromatic carbocycles. The lowest BCUT2D eigenvalue weighted by Crippen LogP contribution is -2.53. The van der Waals surface area contributed by atoms with Crippen LogP contribution in [-0.4, -0.2) is 70.6 Å². The predicted octanol–water partition coefficient (Wildman–Crippen LogP) is 4.39. The number of rotatable bonds is 7. The van der Waals surface area contributed by atoms with Gasteiger partial charge in [0.05, 0.1) is 10.7 Å². The van der Waals surface area contributed by atoms with E-state index in [2.05, 4.69) is 15.1 Å². The number of anilines is 1. The van der Waals surface area contributed by atoms with Gasteiger partial charge >= 0.3 is 0 Å². The van der Waals surface area contributed by atoms with Crippen LogP contribution in [0.3, 0.4) is 0 Å². The highest BCUT2D eigenvalue weighted by molar-refractivity contribution is 6.33. The minimum atomic E-state index is -0.110. The van der Waals surface area contributed by atoms with Crippen LogP contribution in [0.25, 0.3) is 11.3 Å². The van der Waals surface area contributed by atoms with Gasteiger partial charge in [-0.15, -0.1) is 10.2 Å². The lowest BCUT2D eigenvalue weighted by molar-refractivity contribution is -0.132. The number of carbonyl (C=O) groups excluding carboxylic acids is 2. The number of benzene rings is 2. The van der Waals surface area contributed by atoms with Gasteiger partial charge in [0.25, 0.3) is 5.91 Å². The predicted molar refractivity (Wildman–Crippen MR) is 139 cm³/mol. The maximum absolute atomic E-state index is 13.1. The molecule has 7 nitrogen and oxygen atoms in total. The van der Waals surface area contributed by atoms with Crippen molar-refractivity contribution in [2.45, 2.75) is 26.3 Å². The van der Waals surface area contributed by atoms with Crippen LogP contribution in [0.15, 0.2) is 66.7 Å². The fourth-order valence-corrected chi connectivity index (χ4v) is 4.36. The van der Waals surface area contributed by atoms with Crippen molar-refractivity contribution in [2.75, 3.05) is 37.6 Å². The zero-order valence-corrected chi connectivity index (χ0v) is 20.9. The molecule has 0 bridgehead atoms. The van der Waals surface area contributed by atoms with E-state index in [1.54, 1.807) is 17.0 Å². The molecule has 0 radical (unpaired) electrons. The van der Waals surface area contributed by atoms with Gasteiger partial charge in [-0.05, 0) is 43.7 Å². The number of halogens is 1. The van der Waals surface area contributed by atoms with Crippen LogP contribution in [0.4, 0.5) is 5.82 Å². The number of aromatic nitrogens is 2. The first-order chi connectivity index (χ1) is 17.0. The first-order valence-electron chi connectivity index (χ1n) is 11.9. The molecule has 3 aromatic rings. The van der Waals surface area contributed by atoms with Gasteiger partial charge in [0.15, 0.2) is 5.82 Å². The second kappa shape index (κ2) is 11.3. The van der Waals surface area contributed by atoms with Crippen LogP contribution in [0, 0.1) is 0 Å². The summed E-state index contributed by atoms with van der Waals surface area (Å²) in [6.45, 7) is 6.54. The summed E-state index contributed by atoms with van der Waals surface area (Å²) in [4.78, 5) is 31.8. The van der Waals surface area contributed by atoms with Gasteiger partial charge in [-0.3, -0.25) is 9.59 Å². The number of nitrogens with zero attached hydrogens (tertiary/aromatic N) is 5.